The molecule has 2 amide bonds. The number of thiophene rings is 1. The minimum absolute atomic E-state index is 0.297. The van der Waals surface area contributed by atoms with Crippen LogP contribution in [0.4, 0.5) is 9.80 Å². The summed E-state index contributed by atoms with van der Waals surface area (Å²) in [6.07, 6.45) is 0.885. The molecule has 0 atom stereocenters. The van der Waals surface area contributed by atoms with Crippen LogP contribution in [-0.4, -0.2) is 33.5 Å². The Morgan fingerprint density at radius 1 is 1.37 bits per heavy atom. The molecule has 6 nitrogen and oxygen atoms in total. The van der Waals surface area contributed by atoms with Crippen LogP contribution in [0, 0.1) is 0 Å². The number of nitrogens with zero attached hydrogens (tertiary/aromatic N) is 2. The van der Waals surface area contributed by atoms with E-state index >= 15 is 0 Å². The summed E-state index contributed by atoms with van der Waals surface area (Å²) in [6, 6.07) is 5.94. The fraction of sp³-hybridized carbons (Fsp3) is 0.167. The molecule has 0 unspecified atom stereocenters. The molecule has 1 aromatic carbocycles. The van der Waals surface area contributed by atoms with Gasteiger partial charge in [0.25, 0.3) is 0 Å². The fourth-order valence-corrected chi connectivity index (χ4v) is 5.76. The first kappa shape index (κ1) is 18.1. The number of hydrogen-bond acceptors (Lipinski definition) is 5. The molecule has 3 heterocycles. The Morgan fingerprint density at radius 2 is 2.19 bits per heavy atom. The lowest BCUT2D eigenvalue weighted by Gasteiger charge is -2.24. The molecule has 0 fully saturated rings. The van der Waals surface area contributed by atoms with Crippen LogP contribution >= 0.6 is 38.6 Å². The van der Waals surface area contributed by atoms with E-state index in [9.17, 15) is 14.7 Å². The SMILES string of the molecule is C=CC(=O)Nc1sc2c(c1-c1nc3cc(Br)ccc3s1)CCN(C(=O)O)C2. The third-order valence-corrected chi connectivity index (χ3v) is 6.99. The summed E-state index contributed by atoms with van der Waals surface area (Å²) >= 11 is 6.43. The number of carbonyl (C=O) groups excluding carboxylic acids is 1. The van der Waals surface area contributed by atoms with E-state index < -0.39 is 6.09 Å². The molecular weight excluding hydrogens is 450 g/mol. The van der Waals surface area contributed by atoms with Crippen molar-refractivity contribution in [3.63, 3.8) is 0 Å². The zero-order valence-electron chi connectivity index (χ0n) is 14.0. The van der Waals surface area contributed by atoms with E-state index in [1.807, 2.05) is 18.2 Å². The van der Waals surface area contributed by atoms with E-state index in [1.54, 1.807) is 11.3 Å². The lowest BCUT2D eigenvalue weighted by atomic mass is 10.0. The van der Waals surface area contributed by atoms with E-state index in [1.165, 1.54) is 22.3 Å². The van der Waals surface area contributed by atoms with E-state index in [-0.39, 0.29) is 5.91 Å². The van der Waals surface area contributed by atoms with Gasteiger partial charge in [-0.2, -0.15) is 0 Å². The van der Waals surface area contributed by atoms with Crippen LogP contribution in [0.5, 0.6) is 0 Å². The van der Waals surface area contributed by atoms with E-state index in [4.69, 9.17) is 4.98 Å². The molecule has 2 N–H and O–H groups in total. The molecule has 3 aromatic rings. The molecule has 0 aliphatic carbocycles. The van der Waals surface area contributed by atoms with Gasteiger partial charge in [0.05, 0.1) is 16.8 Å². The van der Waals surface area contributed by atoms with Crippen LogP contribution in [0.2, 0.25) is 0 Å². The van der Waals surface area contributed by atoms with Crippen molar-refractivity contribution in [2.75, 3.05) is 11.9 Å². The van der Waals surface area contributed by atoms with Gasteiger partial charge in [-0.3, -0.25) is 4.79 Å². The van der Waals surface area contributed by atoms with Crippen LogP contribution in [-0.2, 0) is 17.8 Å². The minimum Gasteiger partial charge on any atom is -0.465 e. The second-order valence-electron chi connectivity index (χ2n) is 5.99. The van der Waals surface area contributed by atoms with Gasteiger partial charge in [0.1, 0.15) is 10.0 Å². The predicted octanol–water partition coefficient (Wildman–Crippen LogP) is 4.95. The molecule has 0 bridgehead atoms. The molecule has 1 aliphatic rings. The third-order valence-electron chi connectivity index (χ3n) is 4.31. The van der Waals surface area contributed by atoms with E-state index in [0.717, 1.165) is 35.7 Å². The van der Waals surface area contributed by atoms with Crippen molar-refractivity contribution in [3.8, 4) is 10.6 Å². The Kier molecular flexibility index (Phi) is 4.75. The van der Waals surface area contributed by atoms with E-state index in [2.05, 4.69) is 27.8 Å². The second kappa shape index (κ2) is 7.06. The number of hydrogen-bond donors (Lipinski definition) is 2. The summed E-state index contributed by atoms with van der Waals surface area (Å²) in [5.74, 6) is -0.297. The number of aromatic nitrogens is 1. The Morgan fingerprint density at radius 3 is 2.93 bits per heavy atom. The number of anilines is 1. The first-order chi connectivity index (χ1) is 13.0. The van der Waals surface area contributed by atoms with Gasteiger partial charge in [-0.05, 0) is 36.3 Å². The summed E-state index contributed by atoms with van der Waals surface area (Å²) in [5, 5.41) is 13.7. The topological polar surface area (TPSA) is 82.5 Å². The third kappa shape index (κ3) is 3.38. The number of nitrogens with one attached hydrogen (secondary N) is 1. The fourth-order valence-electron chi connectivity index (χ4n) is 3.05. The molecule has 4 rings (SSSR count). The molecular formula is C18H14BrN3O3S2. The van der Waals surface area contributed by atoms with Crippen LogP contribution in [0.1, 0.15) is 10.4 Å². The van der Waals surface area contributed by atoms with Gasteiger partial charge in [0.2, 0.25) is 5.91 Å². The molecule has 2 aromatic heterocycles. The number of carbonyl (C=O) groups is 2. The molecule has 138 valence electrons. The smallest absolute Gasteiger partial charge is 0.407 e. The lowest BCUT2D eigenvalue weighted by molar-refractivity contribution is -0.111. The van der Waals surface area contributed by atoms with Gasteiger partial charge in [0, 0.05) is 21.5 Å². The maximum Gasteiger partial charge on any atom is 0.407 e. The quantitative estimate of drug-likeness (QED) is 0.538. The number of thiazole rings is 1. The summed E-state index contributed by atoms with van der Waals surface area (Å²) < 4.78 is 2.01. The molecule has 0 spiro atoms. The highest BCUT2D eigenvalue weighted by molar-refractivity contribution is 9.10. The molecule has 0 saturated heterocycles. The zero-order valence-corrected chi connectivity index (χ0v) is 17.2. The van der Waals surface area contributed by atoms with Crippen molar-refractivity contribution in [1.29, 1.82) is 0 Å². The van der Waals surface area contributed by atoms with Crippen molar-refractivity contribution in [1.82, 2.24) is 9.88 Å². The van der Waals surface area contributed by atoms with Crippen LogP contribution in [0.3, 0.4) is 0 Å². The summed E-state index contributed by atoms with van der Waals surface area (Å²) in [7, 11) is 0. The first-order valence-electron chi connectivity index (χ1n) is 8.08. The Balaban J connectivity index is 1.85. The minimum atomic E-state index is -0.933. The average molecular weight is 464 g/mol. The van der Waals surface area contributed by atoms with Gasteiger partial charge >= 0.3 is 6.09 Å². The number of halogens is 1. The predicted molar refractivity (Wildman–Crippen MR) is 112 cm³/mol. The number of carboxylic acid groups (broad SMARTS) is 1. The van der Waals surface area contributed by atoms with Crippen LogP contribution < -0.4 is 5.32 Å². The number of benzene rings is 1. The maximum absolute atomic E-state index is 11.9. The van der Waals surface area contributed by atoms with Crippen molar-refractivity contribution in [2.24, 2.45) is 0 Å². The zero-order chi connectivity index (χ0) is 19.1. The van der Waals surface area contributed by atoms with Crippen molar-refractivity contribution in [2.45, 2.75) is 13.0 Å². The Labute approximate surface area is 171 Å². The molecule has 0 radical (unpaired) electrons. The monoisotopic (exact) mass is 463 g/mol. The highest BCUT2D eigenvalue weighted by atomic mass is 79.9. The second-order valence-corrected chi connectivity index (χ2v) is 9.04. The van der Waals surface area contributed by atoms with Crippen molar-refractivity contribution >= 4 is 65.8 Å². The maximum atomic E-state index is 11.9. The number of amides is 2. The van der Waals surface area contributed by atoms with Crippen molar-refractivity contribution < 1.29 is 14.7 Å². The van der Waals surface area contributed by atoms with Crippen LogP contribution in [0.25, 0.3) is 20.8 Å². The van der Waals surface area contributed by atoms with Gasteiger partial charge in [0.15, 0.2) is 0 Å². The average Bonchev–Trinajstić information content (AvgIpc) is 3.20. The highest BCUT2D eigenvalue weighted by Gasteiger charge is 2.29. The highest BCUT2D eigenvalue weighted by Crippen LogP contribution is 2.45. The van der Waals surface area contributed by atoms with Crippen LogP contribution in [0.15, 0.2) is 35.3 Å². The molecule has 9 heteroatoms. The summed E-state index contributed by atoms with van der Waals surface area (Å²) in [5.41, 5.74) is 2.84. The lowest BCUT2D eigenvalue weighted by Crippen LogP contribution is -2.34. The molecule has 27 heavy (non-hydrogen) atoms. The van der Waals surface area contributed by atoms with Gasteiger partial charge in [-0.1, -0.05) is 22.5 Å². The van der Waals surface area contributed by atoms with E-state index in [0.29, 0.717) is 24.5 Å². The Hall–Kier alpha value is -2.23. The van der Waals surface area contributed by atoms with Crippen molar-refractivity contribution in [3.05, 3.63) is 45.8 Å². The molecule has 0 saturated carbocycles. The normalized spacial score (nSPS) is 13.4. The standard InChI is InChI=1S/C18H14BrN3O3S2/c1-2-14(23)21-17-15(10-5-6-22(18(24)25)8-13(10)27-17)16-20-11-7-9(19)3-4-12(11)26-16/h2-4,7H,1,5-6,8H2,(H,21,23)(H,24,25). The molecule has 1 aliphatic heterocycles. The van der Waals surface area contributed by atoms with Gasteiger partial charge in [-0.25, -0.2) is 9.78 Å². The summed E-state index contributed by atoms with van der Waals surface area (Å²) in [4.78, 5) is 30.3. The largest absolute Gasteiger partial charge is 0.465 e. The number of fused-ring (bicyclic) bond motifs is 2. The Bertz CT molecular complexity index is 1090. The van der Waals surface area contributed by atoms with Gasteiger partial charge < -0.3 is 15.3 Å². The summed E-state index contributed by atoms with van der Waals surface area (Å²) in [6.45, 7) is 4.26. The first-order valence-corrected chi connectivity index (χ1v) is 10.5. The number of rotatable bonds is 3. The van der Waals surface area contributed by atoms with Gasteiger partial charge in [-0.15, -0.1) is 22.7 Å².